The van der Waals surface area contributed by atoms with E-state index in [4.69, 9.17) is 9.15 Å². The molecule has 36 heavy (non-hydrogen) atoms. The zero-order valence-electron chi connectivity index (χ0n) is 20.5. The van der Waals surface area contributed by atoms with Crippen LogP contribution in [0.15, 0.2) is 82.0 Å². The third-order valence-electron chi connectivity index (χ3n) is 6.67. The van der Waals surface area contributed by atoms with Gasteiger partial charge in [-0.1, -0.05) is 67.6 Å². The van der Waals surface area contributed by atoms with Gasteiger partial charge in [0, 0.05) is 32.1 Å². The lowest BCUT2D eigenvalue weighted by molar-refractivity contribution is -0.147. The Morgan fingerprint density at radius 3 is 2.58 bits per heavy atom. The van der Waals surface area contributed by atoms with Crippen LogP contribution in [0.4, 0.5) is 5.69 Å². The number of anilines is 1. The third-order valence-corrected chi connectivity index (χ3v) is 6.67. The molecule has 7 heteroatoms. The van der Waals surface area contributed by atoms with E-state index in [0.717, 1.165) is 31.7 Å². The molecule has 186 valence electrons. The minimum absolute atomic E-state index is 0.146. The Morgan fingerprint density at radius 2 is 1.81 bits per heavy atom. The number of esters is 1. The van der Waals surface area contributed by atoms with E-state index in [1.165, 1.54) is 21.3 Å². The number of hydrogen-bond acceptors (Lipinski definition) is 6. The lowest BCUT2D eigenvalue weighted by Crippen LogP contribution is -2.52. The lowest BCUT2D eigenvalue weighted by Gasteiger charge is -2.38. The van der Waals surface area contributed by atoms with Gasteiger partial charge < -0.3 is 19.4 Å². The maximum Gasteiger partial charge on any atom is 0.422 e. The summed E-state index contributed by atoms with van der Waals surface area (Å²) in [5.41, 5.74) is 5.70. The summed E-state index contributed by atoms with van der Waals surface area (Å²) in [6.07, 6.45) is 1.88. The molecular formula is C29H31N3O4. The van der Waals surface area contributed by atoms with Crippen molar-refractivity contribution in [3.05, 3.63) is 88.9 Å². The van der Waals surface area contributed by atoms with Crippen LogP contribution in [0.3, 0.4) is 0 Å². The van der Waals surface area contributed by atoms with Gasteiger partial charge in [0.2, 0.25) is 0 Å². The normalized spacial score (nSPS) is 15.8. The number of nitrogens with zero attached hydrogens (tertiary/aromatic N) is 2. The highest BCUT2D eigenvalue weighted by Gasteiger charge is 2.26. The van der Waals surface area contributed by atoms with Crippen molar-refractivity contribution in [3.63, 3.8) is 0 Å². The first kappa shape index (κ1) is 23.9. The van der Waals surface area contributed by atoms with Gasteiger partial charge >= 0.3 is 11.7 Å². The van der Waals surface area contributed by atoms with E-state index >= 15 is 0 Å². The average molecular weight is 486 g/mol. The molecule has 1 N–H and O–H groups in total. The molecule has 1 aliphatic rings. The Morgan fingerprint density at radius 1 is 1.03 bits per heavy atom. The predicted molar refractivity (Wildman–Crippen MR) is 141 cm³/mol. The van der Waals surface area contributed by atoms with Crippen LogP contribution in [0.1, 0.15) is 25.3 Å². The van der Waals surface area contributed by atoms with E-state index < -0.39 is 5.76 Å². The summed E-state index contributed by atoms with van der Waals surface area (Å²) in [5, 5.41) is 3.50. The minimum atomic E-state index is -0.523. The topological polar surface area (TPSA) is 76.7 Å². The van der Waals surface area contributed by atoms with Crippen LogP contribution in [0.25, 0.3) is 22.2 Å². The minimum Gasteiger partial charge on any atom is -0.444 e. The van der Waals surface area contributed by atoms with Gasteiger partial charge in [-0.2, -0.15) is 0 Å². The van der Waals surface area contributed by atoms with Gasteiger partial charge in [-0.3, -0.25) is 4.79 Å². The number of piperazine rings is 1. The van der Waals surface area contributed by atoms with Crippen molar-refractivity contribution in [2.24, 2.45) is 0 Å². The zero-order chi connectivity index (χ0) is 24.9. The number of oxazole rings is 1. The van der Waals surface area contributed by atoms with E-state index in [1.807, 2.05) is 31.2 Å². The fourth-order valence-electron chi connectivity index (χ4n) is 4.83. The molecule has 1 fully saturated rings. The van der Waals surface area contributed by atoms with Crippen LogP contribution in [-0.2, 0) is 22.7 Å². The Labute approximate surface area is 210 Å². The summed E-state index contributed by atoms with van der Waals surface area (Å²) in [6, 6.07) is 25.0. The molecular weight excluding hydrogens is 454 g/mol. The molecule has 1 aliphatic heterocycles. The standard InChI is InChI=1S/C29H31N3O4/c1-2-7-27(33)35-20-32-26-11-6-10-25(28(26)36-29(32)34)31-17-16-30-19-24(31)18-21-12-14-23(15-13-21)22-8-4-3-5-9-22/h3-6,8-15,24,30H,2,7,16-20H2,1H3. The number of ether oxygens (including phenoxy) is 1. The molecule has 2 heterocycles. The first-order valence-corrected chi connectivity index (χ1v) is 12.5. The van der Waals surface area contributed by atoms with E-state index in [1.54, 1.807) is 0 Å². The number of benzene rings is 3. The van der Waals surface area contributed by atoms with Crippen molar-refractivity contribution in [1.29, 1.82) is 0 Å². The quantitative estimate of drug-likeness (QED) is 0.368. The Bertz CT molecular complexity index is 1380. The van der Waals surface area contributed by atoms with Crippen LogP contribution in [0.5, 0.6) is 0 Å². The van der Waals surface area contributed by atoms with Crippen molar-refractivity contribution in [1.82, 2.24) is 9.88 Å². The average Bonchev–Trinajstić information content (AvgIpc) is 3.24. The van der Waals surface area contributed by atoms with Crippen molar-refractivity contribution >= 4 is 22.8 Å². The monoisotopic (exact) mass is 485 g/mol. The number of carbonyl (C=O) groups is 1. The molecule has 1 atom stereocenters. The highest BCUT2D eigenvalue weighted by atomic mass is 16.5. The fraction of sp³-hybridized carbons (Fsp3) is 0.310. The largest absolute Gasteiger partial charge is 0.444 e. The second-order valence-electron chi connectivity index (χ2n) is 9.14. The summed E-state index contributed by atoms with van der Waals surface area (Å²) in [7, 11) is 0. The van der Waals surface area contributed by atoms with Gasteiger partial charge in [0.1, 0.15) is 0 Å². The molecule has 3 aromatic carbocycles. The number of fused-ring (bicyclic) bond motifs is 1. The molecule has 5 rings (SSSR count). The maximum absolute atomic E-state index is 12.6. The number of aromatic nitrogens is 1. The molecule has 7 nitrogen and oxygen atoms in total. The summed E-state index contributed by atoms with van der Waals surface area (Å²) in [5.74, 6) is -0.847. The summed E-state index contributed by atoms with van der Waals surface area (Å²) < 4.78 is 12.4. The zero-order valence-corrected chi connectivity index (χ0v) is 20.5. The van der Waals surface area contributed by atoms with Crippen molar-refractivity contribution in [2.75, 3.05) is 24.5 Å². The van der Waals surface area contributed by atoms with Crippen molar-refractivity contribution < 1.29 is 13.9 Å². The van der Waals surface area contributed by atoms with Crippen LogP contribution in [0, 0.1) is 0 Å². The van der Waals surface area contributed by atoms with Crippen molar-refractivity contribution in [2.45, 2.75) is 39.0 Å². The molecule has 0 radical (unpaired) electrons. The lowest BCUT2D eigenvalue weighted by atomic mass is 9.98. The molecule has 0 spiro atoms. The third kappa shape index (κ3) is 5.06. The maximum atomic E-state index is 12.6. The SMILES string of the molecule is CCCC(=O)OCn1c(=O)oc2c(N3CCNCC3Cc3ccc(-c4ccccc4)cc3)cccc21. The Kier molecular flexibility index (Phi) is 7.18. The molecule has 0 saturated carbocycles. The second-order valence-corrected chi connectivity index (χ2v) is 9.14. The van der Waals surface area contributed by atoms with Crippen molar-refractivity contribution in [3.8, 4) is 11.1 Å². The van der Waals surface area contributed by atoms with Crippen LogP contribution < -0.4 is 16.0 Å². The number of rotatable bonds is 8. The summed E-state index contributed by atoms with van der Waals surface area (Å²) in [6.45, 7) is 4.24. The molecule has 0 amide bonds. The van der Waals surface area contributed by atoms with Gasteiger partial charge in [0.25, 0.3) is 0 Å². The Hall–Kier alpha value is -3.84. The molecule has 4 aromatic rings. The second kappa shape index (κ2) is 10.8. The summed E-state index contributed by atoms with van der Waals surface area (Å²) >= 11 is 0. The molecule has 1 unspecified atom stereocenters. The van der Waals surface area contributed by atoms with Crippen LogP contribution in [0.2, 0.25) is 0 Å². The first-order valence-electron chi connectivity index (χ1n) is 12.5. The van der Waals surface area contributed by atoms with E-state index in [9.17, 15) is 9.59 Å². The number of nitrogens with one attached hydrogen (secondary N) is 1. The summed E-state index contributed by atoms with van der Waals surface area (Å²) in [4.78, 5) is 26.8. The van der Waals surface area contributed by atoms with E-state index in [0.29, 0.717) is 23.9 Å². The first-order chi connectivity index (χ1) is 17.6. The highest BCUT2D eigenvalue weighted by Crippen LogP contribution is 2.30. The predicted octanol–water partition coefficient (Wildman–Crippen LogP) is 4.58. The smallest absolute Gasteiger partial charge is 0.422 e. The fourth-order valence-corrected chi connectivity index (χ4v) is 4.83. The van der Waals surface area contributed by atoms with Gasteiger partial charge in [-0.05, 0) is 41.7 Å². The van der Waals surface area contributed by atoms with Gasteiger partial charge in [0.05, 0.1) is 11.2 Å². The van der Waals surface area contributed by atoms with Crippen LogP contribution in [-0.4, -0.2) is 36.2 Å². The molecule has 1 saturated heterocycles. The van der Waals surface area contributed by atoms with E-state index in [2.05, 4.69) is 58.7 Å². The van der Waals surface area contributed by atoms with Gasteiger partial charge in [-0.15, -0.1) is 0 Å². The van der Waals surface area contributed by atoms with Gasteiger partial charge in [-0.25, -0.2) is 9.36 Å². The molecule has 1 aromatic heterocycles. The number of para-hydroxylation sites is 1. The number of carbonyl (C=O) groups excluding carboxylic acids is 1. The number of hydrogen-bond donors (Lipinski definition) is 1. The Balaban J connectivity index is 1.38. The van der Waals surface area contributed by atoms with Gasteiger partial charge in [0.15, 0.2) is 12.3 Å². The highest BCUT2D eigenvalue weighted by molar-refractivity contribution is 5.87. The molecule has 0 bridgehead atoms. The van der Waals surface area contributed by atoms with Crippen LogP contribution >= 0.6 is 0 Å². The van der Waals surface area contributed by atoms with E-state index in [-0.39, 0.29) is 18.7 Å². The molecule has 0 aliphatic carbocycles.